The van der Waals surface area contributed by atoms with Gasteiger partial charge in [-0.15, -0.1) is 0 Å². The Hall–Kier alpha value is -2.62. The lowest BCUT2D eigenvalue weighted by Gasteiger charge is -2.23. The zero-order chi connectivity index (χ0) is 15.6. The van der Waals surface area contributed by atoms with Crippen LogP contribution in [0.3, 0.4) is 0 Å². The fourth-order valence-electron chi connectivity index (χ4n) is 2.94. The maximum Gasteiger partial charge on any atom is 0.146 e. The van der Waals surface area contributed by atoms with E-state index in [1.165, 1.54) is 16.9 Å². The van der Waals surface area contributed by atoms with Crippen molar-refractivity contribution in [3.8, 4) is 0 Å². The largest absolute Gasteiger partial charge is 0.347 e. The molecule has 0 saturated carbocycles. The summed E-state index contributed by atoms with van der Waals surface area (Å²) in [6.45, 7) is 4.47. The first-order valence-corrected chi connectivity index (χ1v) is 7.35. The zero-order valence-corrected chi connectivity index (χ0v) is 13.1. The molecule has 0 spiro atoms. The van der Waals surface area contributed by atoms with Crippen LogP contribution in [0, 0.1) is 0 Å². The Balaban J connectivity index is 1.80. The van der Waals surface area contributed by atoms with Crippen molar-refractivity contribution in [1.82, 2.24) is 4.98 Å². The third-order valence-corrected chi connectivity index (χ3v) is 4.09. The molecule has 0 radical (unpaired) electrons. The van der Waals surface area contributed by atoms with Crippen molar-refractivity contribution >= 4 is 17.7 Å². The van der Waals surface area contributed by atoms with Crippen LogP contribution in [-0.4, -0.2) is 18.2 Å². The van der Waals surface area contributed by atoms with Gasteiger partial charge in [-0.1, -0.05) is 38.1 Å². The maximum atomic E-state index is 4.23. The van der Waals surface area contributed by atoms with E-state index in [2.05, 4.69) is 71.6 Å². The van der Waals surface area contributed by atoms with Crippen molar-refractivity contribution in [3.63, 3.8) is 0 Å². The summed E-state index contributed by atoms with van der Waals surface area (Å²) in [4.78, 5) is 6.39. The molecule has 4 nitrogen and oxygen atoms in total. The number of allylic oxidation sites excluding steroid dienone is 2. The number of fused-ring (bicyclic) bond motifs is 1. The highest BCUT2D eigenvalue weighted by Gasteiger charge is 2.37. The number of nitrogens with zero attached hydrogens (tertiary/aromatic N) is 3. The number of rotatable bonds is 3. The van der Waals surface area contributed by atoms with Crippen molar-refractivity contribution in [1.29, 1.82) is 0 Å². The molecule has 0 fully saturated rings. The summed E-state index contributed by atoms with van der Waals surface area (Å²) in [5.74, 6) is 0.736. The summed E-state index contributed by atoms with van der Waals surface area (Å²) >= 11 is 0. The molecule has 112 valence electrons. The number of para-hydroxylation sites is 1. The molecule has 22 heavy (non-hydrogen) atoms. The van der Waals surface area contributed by atoms with Gasteiger partial charge in [0.25, 0.3) is 0 Å². The van der Waals surface area contributed by atoms with E-state index in [0.717, 1.165) is 5.82 Å². The van der Waals surface area contributed by atoms with Gasteiger partial charge in [0, 0.05) is 36.3 Å². The molecule has 1 aliphatic rings. The van der Waals surface area contributed by atoms with Crippen LogP contribution in [0.25, 0.3) is 0 Å². The Kier molecular flexibility index (Phi) is 3.67. The molecular weight excluding hydrogens is 272 g/mol. The highest BCUT2D eigenvalue weighted by molar-refractivity contribution is 5.79. The number of hydrogen-bond donors (Lipinski definition) is 1. The summed E-state index contributed by atoms with van der Waals surface area (Å²) in [6, 6.07) is 14.2. The molecule has 0 amide bonds. The summed E-state index contributed by atoms with van der Waals surface area (Å²) < 4.78 is 0. The summed E-state index contributed by atoms with van der Waals surface area (Å²) in [5.41, 5.74) is 6.72. The average molecular weight is 292 g/mol. The second-order valence-electron chi connectivity index (χ2n) is 5.86. The van der Waals surface area contributed by atoms with Gasteiger partial charge < -0.3 is 4.90 Å². The van der Waals surface area contributed by atoms with Crippen LogP contribution in [0.2, 0.25) is 0 Å². The molecule has 3 rings (SSSR count). The number of hydrazone groups is 1. The Morgan fingerprint density at radius 2 is 1.91 bits per heavy atom. The smallest absolute Gasteiger partial charge is 0.146 e. The predicted molar refractivity (Wildman–Crippen MR) is 92.3 cm³/mol. The molecule has 0 saturated heterocycles. The quantitative estimate of drug-likeness (QED) is 0.691. The maximum absolute atomic E-state index is 4.23. The molecule has 1 N–H and O–H groups in total. The second kappa shape index (κ2) is 5.64. The van der Waals surface area contributed by atoms with Gasteiger partial charge in [0.2, 0.25) is 0 Å². The van der Waals surface area contributed by atoms with Crippen molar-refractivity contribution in [2.24, 2.45) is 5.10 Å². The molecule has 0 aliphatic carbocycles. The third kappa shape index (κ3) is 2.48. The molecule has 1 aromatic carbocycles. The van der Waals surface area contributed by atoms with Crippen LogP contribution in [0.1, 0.15) is 19.4 Å². The molecule has 0 atom stereocenters. The van der Waals surface area contributed by atoms with Crippen LogP contribution in [0.15, 0.2) is 65.5 Å². The van der Waals surface area contributed by atoms with Gasteiger partial charge in [0.15, 0.2) is 0 Å². The van der Waals surface area contributed by atoms with E-state index in [4.69, 9.17) is 0 Å². The summed E-state index contributed by atoms with van der Waals surface area (Å²) in [7, 11) is 2.10. The van der Waals surface area contributed by atoms with E-state index in [1.54, 1.807) is 12.4 Å². The van der Waals surface area contributed by atoms with E-state index < -0.39 is 0 Å². The van der Waals surface area contributed by atoms with Crippen LogP contribution in [-0.2, 0) is 5.41 Å². The lowest BCUT2D eigenvalue weighted by Crippen LogP contribution is -2.23. The van der Waals surface area contributed by atoms with Gasteiger partial charge in [0.1, 0.15) is 5.82 Å². The first-order chi connectivity index (χ1) is 10.6. The molecule has 0 bridgehead atoms. The predicted octanol–water partition coefficient (Wildman–Crippen LogP) is 3.79. The van der Waals surface area contributed by atoms with E-state index in [9.17, 15) is 0 Å². The number of nitrogens with one attached hydrogen (secondary N) is 1. The van der Waals surface area contributed by atoms with E-state index >= 15 is 0 Å². The molecule has 1 aromatic heterocycles. The van der Waals surface area contributed by atoms with Gasteiger partial charge >= 0.3 is 0 Å². The van der Waals surface area contributed by atoms with Gasteiger partial charge in [-0.2, -0.15) is 5.10 Å². The lowest BCUT2D eigenvalue weighted by atomic mass is 9.84. The van der Waals surface area contributed by atoms with Crippen LogP contribution < -0.4 is 10.3 Å². The molecule has 4 heteroatoms. The van der Waals surface area contributed by atoms with Gasteiger partial charge in [-0.25, -0.2) is 4.98 Å². The van der Waals surface area contributed by atoms with E-state index in [1.807, 2.05) is 18.2 Å². The Labute approximate surface area is 131 Å². The van der Waals surface area contributed by atoms with Crippen molar-refractivity contribution in [2.75, 3.05) is 17.4 Å². The minimum absolute atomic E-state index is 0.0254. The Morgan fingerprint density at radius 3 is 2.64 bits per heavy atom. The van der Waals surface area contributed by atoms with Gasteiger partial charge in [-0.3, -0.25) is 5.43 Å². The summed E-state index contributed by atoms with van der Waals surface area (Å²) in [5, 5.41) is 4.23. The van der Waals surface area contributed by atoms with Crippen molar-refractivity contribution in [3.05, 3.63) is 66.0 Å². The first-order valence-electron chi connectivity index (χ1n) is 7.35. The normalized spacial score (nSPS) is 18.0. The molecule has 2 aromatic rings. The molecular formula is C18H20N4. The number of pyridine rings is 1. The highest BCUT2D eigenvalue weighted by atomic mass is 15.3. The SMILES string of the molecule is CN1/C(=C\C=N\Nc2ccccn2)C(C)(C)c2ccccc21. The first kappa shape index (κ1) is 14.3. The number of anilines is 2. The number of aromatic nitrogens is 1. The minimum Gasteiger partial charge on any atom is -0.347 e. The van der Waals surface area contributed by atoms with Crippen molar-refractivity contribution in [2.45, 2.75) is 19.3 Å². The van der Waals surface area contributed by atoms with Gasteiger partial charge in [0.05, 0.1) is 0 Å². The van der Waals surface area contributed by atoms with Crippen LogP contribution in [0.4, 0.5) is 11.5 Å². The molecule has 0 unspecified atom stereocenters. The average Bonchev–Trinajstić information content (AvgIpc) is 2.73. The second-order valence-corrected chi connectivity index (χ2v) is 5.86. The van der Waals surface area contributed by atoms with Gasteiger partial charge in [-0.05, 0) is 29.8 Å². The standard InChI is InChI=1S/C18H20N4/c1-18(2)14-8-4-5-9-15(14)22(3)16(18)11-13-20-21-17-10-6-7-12-19-17/h4-13H,1-3H3,(H,19,21)/b16-11-,20-13+. The topological polar surface area (TPSA) is 40.5 Å². The van der Waals surface area contributed by atoms with Crippen LogP contribution in [0.5, 0.6) is 0 Å². The van der Waals surface area contributed by atoms with E-state index in [-0.39, 0.29) is 5.41 Å². The van der Waals surface area contributed by atoms with Crippen molar-refractivity contribution < 1.29 is 0 Å². The third-order valence-electron chi connectivity index (χ3n) is 4.09. The van der Waals surface area contributed by atoms with Crippen LogP contribution >= 0.6 is 0 Å². The monoisotopic (exact) mass is 292 g/mol. The Morgan fingerprint density at radius 1 is 1.14 bits per heavy atom. The molecule has 1 aliphatic heterocycles. The number of likely N-dealkylation sites (N-methyl/N-ethyl adjacent to an activating group) is 1. The fraction of sp³-hybridized carbons (Fsp3) is 0.222. The summed E-state index contributed by atoms with van der Waals surface area (Å²) in [6.07, 6.45) is 5.57. The zero-order valence-electron chi connectivity index (χ0n) is 13.1. The molecule has 2 heterocycles. The highest BCUT2D eigenvalue weighted by Crippen LogP contribution is 2.46. The lowest BCUT2D eigenvalue weighted by molar-refractivity contribution is 0.641. The Bertz CT molecular complexity index is 717. The number of benzene rings is 1. The number of hydrogen-bond acceptors (Lipinski definition) is 4. The minimum atomic E-state index is -0.0254. The fourth-order valence-corrected chi connectivity index (χ4v) is 2.94. The van der Waals surface area contributed by atoms with E-state index in [0.29, 0.717) is 0 Å².